The second kappa shape index (κ2) is 8.33. The van der Waals surface area contributed by atoms with Crippen LogP contribution >= 0.6 is 0 Å². The fourth-order valence-electron chi connectivity index (χ4n) is 2.60. The van der Waals surface area contributed by atoms with Crippen molar-refractivity contribution in [2.45, 2.75) is 38.7 Å². The van der Waals surface area contributed by atoms with Gasteiger partial charge in [0.15, 0.2) is 17.2 Å². The highest BCUT2D eigenvalue weighted by Crippen LogP contribution is 2.31. The molecule has 0 bridgehead atoms. The van der Waals surface area contributed by atoms with Gasteiger partial charge in [-0.3, -0.25) is 10.9 Å². The summed E-state index contributed by atoms with van der Waals surface area (Å²) in [6.45, 7) is 5.47. The summed E-state index contributed by atoms with van der Waals surface area (Å²) in [6, 6.07) is 5.45. The maximum Gasteiger partial charge on any atom is 0.573 e. The molecule has 3 aromatic rings. The summed E-state index contributed by atoms with van der Waals surface area (Å²) < 4.78 is 81.2. The SMILES string of the molecule is CC(C)(C)c1cc2nc(C(F)(F)F)cc(NNC(=O)Nc3ccc(OC(F)(F)F)cc3)n2n1. The van der Waals surface area contributed by atoms with Gasteiger partial charge in [0.05, 0.1) is 5.69 Å². The third-order valence-corrected chi connectivity index (χ3v) is 4.14. The van der Waals surface area contributed by atoms with Crippen molar-refractivity contribution in [1.82, 2.24) is 20.0 Å². The standard InChI is InChI=1S/C19H18F6N6O2/c1-17(2,3)12-8-14-27-13(18(20,21)22)9-15(31(14)30-12)28-29-16(32)26-10-4-6-11(7-5-10)33-19(23,24)25/h4-9,28H,1-3H3,(H2,26,29,32). The maximum absolute atomic E-state index is 13.3. The molecule has 0 saturated carbocycles. The number of benzene rings is 1. The highest BCUT2D eigenvalue weighted by Gasteiger charge is 2.34. The van der Waals surface area contributed by atoms with Crippen LogP contribution in [0.2, 0.25) is 0 Å². The van der Waals surface area contributed by atoms with Gasteiger partial charge < -0.3 is 10.1 Å². The van der Waals surface area contributed by atoms with Gasteiger partial charge in [-0.05, 0) is 24.3 Å². The maximum atomic E-state index is 13.3. The van der Waals surface area contributed by atoms with E-state index >= 15 is 0 Å². The normalized spacial score (nSPS) is 12.5. The topological polar surface area (TPSA) is 92.6 Å². The van der Waals surface area contributed by atoms with Crippen LogP contribution in [0.5, 0.6) is 5.75 Å². The van der Waals surface area contributed by atoms with Crippen molar-refractivity contribution < 1.29 is 35.9 Å². The summed E-state index contributed by atoms with van der Waals surface area (Å²) in [6.07, 6.45) is -9.60. The number of hydrazine groups is 1. The number of urea groups is 1. The molecule has 33 heavy (non-hydrogen) atoms. The summed E-state index contributed by atoms with van der Waals surface area (Å²) >= 11 is 0. The fraction of sp³-hybridized carbons (Fsp3) is 0.316. The summed E-state index contributed by atoms with van der Waals surface area (Å²) in [5.74, 6) is -0.703. The lowest BCUT2D eigenvalue weighted by molar-refractivity contribution is -0.274. The van der Waals surface area contributed by atoms with Gasteiger partial charge in [-0.25, -0.2) is 9.78 Å². The number of alkyl halides is 6. The molecule has 0 aliphatic heterocycles. The van der Waals surface area contributed by atoms with Gasteiger partial charge in [0.25, 0.3) is 0 Å². The van der Waals surface area contributed by atoms with Crippen molar-refractivity contribution >= 4 is 23.2 Å². The number of carbonyl (C=O) groups is 1. The lowest BCUT2D eigenvalue weighted by atomic mass is 9.93. The Morgan fingerprint density at radius 2 is 1.61 bits per heavy atom. The van der Waals surface area contributed by atoms with Crippen molar-refractivity contribution in [2.75, 3.05) is 10.7 Å². The highest BCUT2D eigenvalue weighted by molar-refractivity contribution is 5.90. The molecular weight excluding hydrogens is 458 g/mol. The number of rotatable bonds is 4. The number of ether oxygens (including phenoxy) is 1. The molecule has 0 fully saturated rings. The number of fused-ring (bicyclic) bond motifs is 1. The molecule has 0 radical (unpaired) electrons. The predicted octanol–water partition coefficient (Wildman–Crippen LogP) is 5.09. The van der Waals surface area contributed by atoms with Crippen molar-refractivity contribution in [2.24, 2.45) is 0 Å². The Kier molecular flexibility index (Phi) is 6.04. The van der Waals surface area contributed by atoms with Crippen LogP contribution < -0.4 is 20.9 Å². The van der Waals surface area contributed by atoms with Gasteiger partial charge in [-0.2, -0.15) is 22.8 Å². The molecule has 0 atom stereocenters. The van der Waals surface area contributed by atoms with E-state index in [9.17, 15) is 31.1 Å². The Hall–Kier alpha value is -3.71. The molecule has 0 aliphatic carbocycles. The van der Waals surface area contributed by atoms with Gasteiger partial charge >= 0.3 is 18.6 Å². The Balaban J connectivity index is 1.77. The zero-order chi connectivity index (χ0) is 24.6. The first-order valence-corrected chi connectivity index (χ1v) is 9.29. The van der Waals surface area contributed by atoms with Crippen LogP contribution in [0.3, 0.4) is 0 Å². The number of nitrogens with zero attached hydrogens (tertiary/aromatic N) is 3. The van der Waals surface area contributed by atoms with Crippen LogP contribution in [0.15, 0.2) is 36.4 Å². The van der Waals surface area contributed by atoms with Gasteiger partial charge in [-0.1, -0.05) is 20.8 Å². The third kappa shape index (κ3) is 6.17. The largest absolute Gasteiger partial charge is 0.573 e. The lowest BCUT2D eigenvalue weighted by Crippen LogP contribution is -2.34. The first-order valence-electron chi connectivity index (χ1n) is 9.29. The minimum atomic E-state index is -4.86. The number of amides is 2. The molecule has 14 heteroatoms. The second-order valence-corrected chi connectivity index (χ2v) is 7.85. The van der Waals surface area contributed by atoms with Crippen molar-refractivity contribution in [1.29, 1.82) is 0 Å². The first kappa shape index (κ1) is 23.9. The molecular formula is C19H18F6N6O2. The molecule has 178 valence electrons. The smallest absolute Gasteiger partial charge is 0.406 e. The summed E-state index contributed by atoms with van der Waals surface area (Å²) in [4.78, 5) is 15.7. The van der Waals surface area contributed by atoms with Crippen molar-refractivity contribution in [3.05, 3.63) is 47.8 Å². The fourth-order valence-corrected chi connectivity index (χ4v) is 2.60. The van der Waals surface area contributed by atoms with E-state index in [1.807, 2.05) is 20.8 Å². The number of aromatic nitrogens is 3. The molecule has 0 aliphatic rings. The van der Waals surface area contributed by atoms with Gasteiger partial charge in [0.2, 0.25) is 0 Å². The van der Waals surface area contributed by atoms with Crippen molar-refractivity contribution in [3.63, 3.8) is 0 Å². The van der Waals surface area contributed by atoms with Crippen LogP contribution in [0.4, 0.5) is 42.6 Å². The molecule has 1 aromatic carbocycles. The second-order valence-electron chi connectivity index (χ2n) is 7.85. The molecule has 2 heterocycles. The molecule has 0 unspecified atom stereocenters. The number of halogens is 6. The zero-order valence-corrected chi connectivity index (χ0v) is 17.4. The van der Waals surface area contributed by atoms with Crippen LogP contribution in [0.25, 0.3) is 5.65 Å². The molecule has 3 rings (SSSR count). The van der Waals surface area contributed by atoms with Gasteiger partial charge in [-0.15, -0.1) is 13.2 Å². The molecule has 0 saturated heterocycles. The van der Waals surface area contributed by atoms with E-state index < -0.39 is 35.4 Å². The molecule has 2 amide bonds. The van der Waals surface area contributed by atoms with Gasteiger partial charge in [0, 0.05) is 23.2 Å². The van der Waals surface area contributed by atoms with E-state index in [1.54, 1.807) is 0 Å². The monoisotopic (exact) mass is 476 g/mol. The third-order valence-electron chi connectivity index (χ3n) is 4.14. The van der Waals surface area contributed by atoms with E-state index in [0.29, 0.717) is 11.8 Å². The molecule has 2 aromatic heterocycles. The molecule has 3 N–H and O–H groups in total. The number of hydrogen-bond acceptors (Lipinski definition) is 5. The quantitative estimate of drug-likeness (QED) is 0.360. The summed E-state index contributed by atoms with van der Waals surface area (Å²) in [7, 11) is 0. The molecule has 0 spiro atoms. The summed E-state index contributed by atoms with van der Waals surface area (Å²) in [5.41, 5.74) is 3.33. The van der Waals surface area contributed by atoms with Crippen LogP contribution in [0, 0.1) is 0 Å². The van der Waals surface area contributed by atoms with E-state index in [4.69, 9.17) is 0 Å². The highest BCUT2D eigenvalue weighted by atomic mass is 19.4. The number of carbonyl (C=O) groups excluding carboxylic acids is 1. The van der Waals surface area contributed by atoms with Crippen LogP contribution in [0.1, 0.15) is 32.2 Å². The van der Waals surface area contributed by atoms with E-state index in [1.165, 1.54) is 6.07 Å². The number of anilines is 2. The van der Waals surface area contributed by atoms with Gasteiger partial charge in [0.1, 0.15) is 5.75 Å². The summed E-state index contributed by atoms with van der Waals surface area (Å²) in [5, 5.41) is 6.56. The van der Waals surface area contributed by atoms with Crippen LogP contribution in [-0.2, 0) is 11.6 Å². The zero-order valence-electron chi connectivity index (χ0n) is 17.4. The first-order chi connectivity index (χ1) is 15.1. The minimum Gasteiger partial charge on any atom is -0.406 e. The predicted molar refractivity (Wildman–Crippen MR) is 106 cm³/mol. The molecule has 8 nitrogen and oxygen atoms in total. The number of hydrogen-bond donors (Lipinski definition) is 3. The van der Waals surface area contributed by atoms with E-state index in [-0.39, 0.29) is 17.2 Å². The van der Waals surface area contributed by atoms with Crippen molar-refractivity contribution in [3.8, 4) is 5.75 Å². The Labute approximate surface area is 182 Å². The Bertz CT molecular complexity index is 1150. The van der Waals surface area contributed by atoms with E-state index in [0.717, 1.165) is 28.8 Å². The van der Waals surface area contributed by atoms with Crippen LogP contribution in [-0.4, -0.2) is 27.0 Å². The Morgan fingerprint density at radius 1 is 0.970 bits per heavy atom. The minimum absolute atomic E-state index is 0.0836. The Morgan fingerprint density at radius 3 is 2.15 bits per heavy atom. The average Bonchev–Trinajstić information content (AvgIpc) is 3.11. The average molecular weight is 476 g/mol. The van der Waals surface area contributed by atoms with E-state index in [2.05, 4.69) is 31.0 Å². The lowest BCUT2D eigenvalue weighted by Gasteiger charge is -2.15. The number of nitrogens with one attached hydrogen (secondary N) is 3.